The van der Waals surface area contributed by atoms with Crippen molar-refractivity contribution >= 4 is 34.5 Å². The second-order valence-electron chi connectivity index (χ2n) is 3.65. The SMILES string of the molecule is CNC(c1ccc(Cl)s1)c1cc(F)c(Cl)cc1F. The average Bonchev–Trinajstić information content (AvgIpc) is 2.73. The number of hydrogen-bond acceptors (Lipinski definition) is 2. The van der Waals surface area contributed by atoms with Gasteiger partial charge in [0.25, 0.3) is 0 Å². The summed E-state index contributed by atoms with van der Waals surface area (Å²) in [5, 5.41) is 2.71. The Kier molecular flexibility index (Phi) is 4.22. The molecule has 0 radical (unpaired) electrons. The molecule has 1 atom stereocenters. The van der Waals surface area contributed by atoms with E-state index in [0.717, 1.165) is 17.0 Å². The molecule has 0 saturated heterocycles. The fraction of sp³-hybridized carbons (Fsp3) is 0.167. The van der Waals surface area contributed by atoms with Crippen LogP contribution in [0.25, 0.3) is 0 Å². The minimum absolute atomic E-state index is 0.206. The van der Waals surface area contributed by atoms with E-state index < -0.39 is 17.7 Å². The summed E-state index contributed by atoms with van der Waals surface area (Å²) in [5.41, 5.74) is 0.206. The lowest BCUT2D eigenvalue weighted by molar-refractivity contribution is 0.561. The molecule has 1 aromatic heterocycles. The van der Waals surface area contributed by atoms with Crippen LogP contribution < -0.4 is 5.32 Å². The van der Waals surface area contributed by atoms with Crippen molar-refractivity contribution in [3.05, 3.63) is 55.7 Å². The lowest BCUT2D eigenvalue weighted by Gasteiger charge is -2.16. The fourth-order valence-electron chi connectivity index (χ4n) is 1.69. The van der Waals surface area contributed by atoms with Gasteiger partial charge in [0.05, 0.1) is 15.4 Å². The van der Waals surface area contributed by atoms with Gasteiger partial charge in [0, 0.05) is 10.4 Å². The Balaban J connectivity index is 2.48. The van der Waals surface area contributed by atoms with Crippen LogP contribution >= 0.6 is 34.5 Å². The smallest absolute Gasteiger partial charge is 0.142 e. The highest BCUT2D eigenvalue weighted by atomic mass is 35.5. The molecule has 2 rings (SSSR count). The maximum atomic E-state index is 13.8. The summed E-state index contributed by atoms with van der Waals surface area (Å²) in [7, 11) is 1.67. The summed E-state index contributed by atoms with van der Waals surface area (Å²) in [5.74, 6) is -1.19. The van der Waals surface area contributed by atoms with E-state index in [1.54, 1.807) is 19.2 Å². The molecule has 18 heavy (non-hydrogen) atoms. The third-order valence-electron chi connectivity index (χ3n) is 2.52. The Morgan fingerprint density at radius 3 is 2.44 bits per heavy atom. The van der Waals surface area contributed by atoms with Crippen molar-refractivity contribution in [1.82, 2.24) is 5.32 Å². The second kappa shape index (κ2) is 5.53. The third kappa shape index (κ3) is 2.67. The first-order valence-corrected chi connectivity index (χ1v) is 6.67. The Morgan fingerprint density at radius 2 is 1.89 bits per heavy atom. The molecular weight excluding hydrogens is 299 g/mol. The predicted molar refractivity (Wildman–Crippen MR) is 71.6 cm³/mol. The number of halogens is 4. The minimum Gasteiger partial charge on any atom is -0.309 e. The van der Waals surface area contributed by atoms with Gasteiger partial charge in [0.2, 0.25) is 0 Å². The van der Waals surface area contributed by atoms with Gasteiger partial charge in [-0.25, -0.2) is 8.78 Å². The maximum absolute atomic E-state index is 13.8. The first kappa shape index (κ1) is 13.7. The van der Waals surface area contributed by atoms with E-state index in [-0.39, 0.29) is 10.6 Å². The van der Waals surface area contributed by atoms with Gasteiger partial charge in [0.1, 0.15) is 11.6 Å². The quantitative estimate of drug-likeness (QED) is 0.814. The molecule has 0 saturated carbocycles. The average molecular weight is 308 g/mol. The van der Waals surface area contributed by atoms with Gasteiger partial charge in [-0.1, -0.05) is 23.2 Å². The van der Waals surface area contributed by atoms with Gasteiger partial charge in [-0.15, -0.1) is 11.3 Å². The molecule has 0 bridgehead atoms. The van der Waals surface area contributed by atoms with Crippen LogP contribution in [0.3, 0.4) is 0 Å². The lowest BCUT2D eigenvalue weighted by Crippen LogP contribution is -2.18. The van der Waals surface area contributed by atoms with Crippen LogP contribution in [0, 0.1) is 11.6 Å². The highest BCUT2D eigenvalue weighted by Gasteiger charge is 2.20. The Labute approximate surface area is 117 Å². The van der Waals surface area contributed by atoms with Crippen molar-refractivity contribution in [2.75, 3.05) is 7.05 Å². The van der Waals surface area contributed by atoms with Gasteiger partial charge in [-0.3, -0.25) is 0 Å². The van der Waals surface area contributed by atoms with Crippen LogP contribution in [0.2, 0.25) is 9.36 Å². The lowest BCUT2D eigenvalue weighted by atomic mass is 10.0. The van der Waals surface area contributed by atoms with Crippen LogP contribution in [0.15, 0.2) is 24.3 Å². The predicted octanol–water partition coefficient (Wildman–Crippen LogP) is 4.64. The zero-order chi connectivity index (χ0) is 13.3. The van der Waals surface area contributed by atoms with Crippen LogP contribution in [-0.2, 0) is 0 Å². The summed E-state index contributed by atoms with van der Waals surface area (Å²) in [6.07, 6.45) is 0. The number of hydrogen-bond donors (Lipinski definition) is 1. The van der Waals surface area contributed by atoms with Gasteiger partial charge in [-0.05, 0) is 31.3 Å². The van der Waals surface area contributed by atoms with Crippen LogP contribution in [0.1, 0.15) is 16.5 Å². The largest absolute Gasteiger partial charge is 0.309 e. The molecule has 0 spiro atoms. The van der Waals surface area contributed by atoms with E-state index in [2.05, 4.69) is 5.32 Å². The van der Waals surface area contributed by atoms with Crippen molar-refractivity contribution < 1.29 is 8.78 Å². The Morgan fingerprint density at radius 1 is 1.17 bits per heavy atom. The zero-order valence-electron chi connectivity index (χ0n) is 9.31. The van der Waals surface area contributed by atoms with E-state index in [9.17, 15) is 8.78 Å². The summed E-state index contributed by atoms with van der Waals surface area (Å²) in [6, 6.07) is 5.13. The summed E-state index contributed by atoms with van der Waals surface area (Å²) < 4.78 is 27.9. The topological polar surface area (TPSA) is 12.0 Å². The number of benzene rings is 1. The van der Waals surface area contributed by atoms with Crippen molar-refractivity contribution in [1.29, 1.82) is 0 Å². The van der Waals surface area contributed by atoms with E-state index in [4.69, 9.17) is 23.2 Å². The minimum atomic E-state index is -0.643. The molecule has 0 amide bonds. The molecule has 0 aliphatic heterocycles. The fourth-order valence-corrected chi connectivity index (χ4v) is 3.03. The van der Waals surface area contributed by atoms with Gasteiger partial charge in [0.15, 0.2) is 0 Å². The molecule has 1 aromatic carbocycles. The zero-order valence-corrected chi connectivity index (χ0v) is 11.6. The molecule has 2 aromatic rings. The summed E-state index contributed by atoms with van der Waals surface area (Å²) in [6.45, 7) is 0. The molecule has 6 heteroatoms. The molecule has 0 fully saturated rings. The second-order valence-corrected chi connectivity index (χ2v) is 5.81. The van der Waals surface area contributed by atoms with E-state index in [1.807, 2.05) is 0 Å². The van der Waals surface area contributed by atoms with E-state index in [0.29, 0.717) is 4.34 Å². The molecule has 1 nitrogen and oxygen atoms in total. The monoisotopic (exact) mass is 307 g/mol. The number of rotatable bonds is 3. The Hall–Kier alpha value is -0.680. The highest BCUT2D eigenvalue weighted by molar-refractivity contribution is 7.16. The van der Waals surface area contributed by atoms with Gasteiger partial charge >= 0.3 is 0 Å². The Bertz CT molecular complexity index is 571. The number of thiophene rings is 1. The van der Waals surface area contributed by atoms with Crippen LogP contribution in [0.5, 0.6) is 0 Å². The normalized spacial score (nSPS) is 12.7. The van der Waals surface area contributed by atoms with Crippen molar-refractivity contribution in [2.45, 2.75) is 6.04 Å². The van der Waals surface area contributed by atoms with Crippen molar-refractivity contribution in [3.8, 4) is 0 Å². The third-order valence-corrected chi connectivity index (χ3v) is 4.10. The summed E-state index contributed by atoms with van der Waals surface area (Å²) >= 11 is 12.7. The summed E-state index contributed by atoms with van der Waals surface area (Å²) in [4.78, 5) is 0.808. The molecular formula is C12H9Cl2F2NS. The highest BCUT2D eigenvalue weighted by Crippen LogP contribution is 2.33. The number of nitrogens with one attached hydrogen (secondary N) is 1. The van der Waals surface area contributed by atoms with Gasteiger partial charge < -0.3 is 5.32 Å². The van der Waals surface area contributed by atoms with Gasteiger partial charge in [-0.2, -0.15) is 0 Å². The van der Waals surface area contributed by atoms with Crippen LogP contribution in [0.4, 0.5) is 8.78 Å². The first-order chi connectivity index (χ1) is 8.52. The van der Waals surface area contributed by atoms with Crippen molar-refractivity contribution in [3.63, 3.8) is 0 Å². The van der Waals surface area contributed by atoms with E-state index in [1.165, 1.54) is 11.3 Å². The molecule has 1 heterocycles. The van der Waals surface area contributed by atoms with E-state index >= 15 is 0 Å². The first-order valence-electron chi connectivity index (χ1n) is 5.10. The molecule has 96 valence electrons. The molecule has 0 aliphatic carbocycles. The molecule has 1 N–H and O–H groups in total. The van der Waals surface area contributed by atoms with Crippen LogP contribution in [-0.4, -0.2) is 7.05 Å². The van der Waals surface area contributed by atoms with Crippen molar-refractivity contribution in [2.24, 2.45) is 0 Å². The standard InChI is InChI=1S/C12H9Cl2F2NS/c1-17-12(10-2-3-11(14)18-10)6-4-9(16)7(13)5-8(6)15/h2-5,12,17H,1H3. The molecule has 1 unspecified atom stereocenters. The maximum Gasteiger partial charge on any atom is 0.142 e. The molecule has 0 aliphatic rings.